The van der Waals surface area contributed by atoms with Gasteiger partial charge in [0.15, 0.2) is 0 Å². The largest absolute Gasteiger partial charge is 0.467 e. The molecule has 0 heterocycles. The van der Waals surface area contributed by atoms with E-state index >= 15 is 0 Å². The van der Waals surface area contributed by atoms with Gasteiger partial charge in [-0.2, -0.15) is 26.3 Å². The van der Waals surface area contributed by atoms with Crippen molar-refractivity contribution in [3.8, 4) is 0 Å². The molecule has 0 amide bonds. The van der Waals surface area contributed by atoms with Crippen LogP contribution in [0.3, 0.4) is 0 Å². The van der Waals surface area contributed by atoms with Gasteiger partial charge in [-0.05, 0) is 0 Å². The first-order valence-electron chi connectivity index (χ1n) is 2.71. The Morgan fingerprint density at radius 2 is 1.33 bits per heavy atom. The standard InChI is InChI=1S/C5H5F6N/c1-2-3-12(4(6,7)8)5(9,10)11/h2H,1,3H2. The molecular weight excluding hydrogens is 188 g/mol. The smallest absolute Gasteiger partial charge is 0.155 e. The Kier molecular flexibility index (Phi) is 3.14. The van der Waals surface area contributed by atoms with Crippen LogP contribution < -0.4 is 0 Å². The molecule has 0 spiro atoms. The third-order valence-corrected chi connectivity index (χ3v) is 0.924. The highest BCUT2D eigenvalue weighted by atomic mass is 19.4. The van der Waals surface area contributed by atoms with E-state index in [0.29, 0.717) is 6.08 Å². The predicted molar refractivity (Wildman–Crippen MR) is 29.0 cm³/mol. The van der Waals surface area contributed by atoms with Gasteiger partial charge in [0.05, 0.1) is 0 Å². The minimum Gasteiger partial charge on any atom is -0.155 e. The van der Waals surface area contributed by atoms with Crippen molar-refractivity contribution in [3.63, 3.8) is 0 Å². The summed E-state index contributed by atoms with van der Waals surface area (Å²) in [5.41, 5.74) is 0. The molecule has 7 heteroatoms. The van der Waals surface area contributed by atoms with Gasteiger partial charge < -0.3 is 0 Å². The Hall–Kier alpha value is -0.720. The molecule has 0 N–H and O–H groups in total. The molecule has 12 heavy (non-hydrogen) atoms. The number of hydrogen-bond donors (Lipinski definition) is 0. The van der Waals surface area contributed by atoms with Crippen molar-refractivity contribution in [1.29, 1.82) is 0 Å². The van der Waals surface area contributed by atoms with E-state index in [0.717, 1.165) is 0 Å². The quantitative estimate of drug-likeness (QED) is 0.370. The van der Waals surface area contributed by atoms with Crippen molar-refractivity contribution in [3.05, 3.63) is 12.7 Å². The maximum Gasteiger partial charge on any atom is 0.467 e. The lowest BCUT2D eigenvalue weighted by Crippen LogP contribution is -2.47. The Balaban J connectivity index is 4.56. The van der Waals surface area contributed by atoms with E-state index in [2.05, 4.69) is 6.58 Å². The van der Waals surface area contributed by atoms with Crippen molar-refractivity contribution in [2.45, 2.75) is 12.6 Å². The number of rotatable bonds is 2. The first kappa shape index (κ1) is 11.3. The highest BCUT2D eigenvalue weighted by molar-refractivity contribution is 4.76. The minimum atomic E-state index is -5.41. The Morgan fingerprint density at radius 3 is 1.42 bits per heavy atom. The molecule has 0 atom stereocenters. The van der Waals surface area contributed by atoms with Crippen molar-refractivity contribution in [2.75, 3.05) is 6.54 Å². The molecular formula is C5H5F6N. The zero-order valence-electron chi connectivity index (χ0n) is 5.71. The third-order valence-electron chi connectivity index (χ3n) is 0.924. The van der Waals surface area contributed by atoms with E-state index in [1.807, 2.05) is 0 Å². The van der Waals surface area contributed by atoms with E-state index in [4.69, 9.17) is 0 Å². The molecule has 0 aromatic carbocycles. The Morgan fingerprint density at radius 1 is 1.00 bits per heavy atom. The van der Waals surface area contributed by atoms with Crippen LogP contribution in [-0.2, 0) is 0 Å². The van der Waals surface area contributed by atoms with Gasteiger partial charge in [0.25, 0.3) is 0 Å². The fourth-order valence-corrected chi connectivity index (χ4v) is 0.480. The van der Waals surface area contributed by atoms with Crippen LogP contribution in [0.1, 0.15) is 0 Å². The summed E-state index contributed by atoms with van der Waals surface area (Å²) < 4.78 is 69.4. The lowest BCUT2D eigenvalue weighted by atomic mass is 10.5. The molecule has 72 valence electrons. The van der Waals surface area contributed by atoms with Crippen LogP contribution in [0, 0.1) is 0 Å². The highest BCUT2D eigenvalue weighted by Gasteiger charge is 2.52. The zero-order valence-corrected chi connectivity index (χ0v) is 5.71. The average Bonchev–Trinajstić information content (AvgIpc) is 1.77. The number of alkyl halides is 6. The Bertz CT molecular complexity index is 142. The molecule has 0 rings (SSSR count). The second kappa shape index (κ2) is 3.34. The van der Waals surface area contributed by atoms with Crippen molar-refractivity contribution >= 4 is 0 Å². The average molecular weight is 193 g/mol. The lowest BCUT2D eigenvalue weighted by molar-refractivity contribution is -0.369. The third kappa shape index (κ3) is 3.12. The molecule has 0 bridgehead atoms. The van der Waals surface area contributed by atoms with Gasteiger partial charge in [-0.15, -0.1) is 11.5 Å². The molecule has 0 aromatic rings. The second-order valence-electron chi connectivity index (χ2n) is 1.83. The molecule has 0 aliphatic heterocycles. The van der Waals surface area contributed by atoms with Crippen molar-refractivity contribution in [2.24, 2.45) is 0 Å². The SMILES string of the molecule is C=CCN(C(F)(F)F)C(F)(F)F. The van der Waals surface area contributed by atoms with Gasteiger partial charge in [0.2, 0.25) is 0 Å². The van der Waals surface area contributed by atoms with E-state index in [9.17, 15) is 26.3 Å². The van der Waals surface area contributed by atoms with Crippen molar-refractivity contribution in [1.82, 2.24) is 4.90 Å². The molecule has 0 aliphatic rings. The van der Waals surface area contributed by atoms with Gasteiger partial charge in [-0.3, -0.25) is 0 Å². The Labute approximate surface area is 64.3 Å². The summed E-state index contributed by atoms with van der Waals surface area (Å²) in [5.74, 6) is 0. The fourth-order valence-electron chi connectivity index (χ4n) is 0.480. The molecule has 1 nitrogen and oxygen atoms in total. The van der Waals surface area contributed by atoms with Crippen LogP contribution in [-0.4, -0.2) is 24.0 Å². The normalized spacial score (nSPS) is 13.6. The maximum absolute atomic E-state index is 11.6. The van der Waals surface area contributed by atoms with Crippen molar-refractivity contribution < 1.29 is 26.3 Å². The summed E-state index contributed by atoms with van der Waals surface area (Å²) in [4.78, 5) is -1.56. The van der Waals surface area contributed by atoms with Gasteiger partial charge >= 0.3 is 12.6 Å². The highest BCUT2D eigenvalue weighted by Crippen LogP contribution is 2.32. The van der Waals surface area contributed by atoms with E-state index in [1.165, 1.54) is 0 Å². The topological polar surface area (TPSA) is 3.24 Å². The van der Waals surface area contributed by atoms with Gasteiger partial charge in [0, 0.05) is 6.54 Å². The molecule has 0 unspecified atom stereocenters. The maximum atomic E-state index is 11.6. The first-order chi connectivity index (χ1) is 5.19. The van der Waals surface area contributed by atoms with Gasteiger partial charge in [-0.25, -0.2) is 0 Å². The van der Waals surface area contributed by atoms with Crippen LogP contribution in [0.5, 0.6) is 0 Å². The summed E-state index contributed by atoms with van der Waals surface area (Å²) in [7, 11) is 0. The molecule has 0 saturated heterocycles. The first-order valence-corrected chi connectivity index (χ1v) is 2.71. The second-order valence-corrected chi connectivity index (χ2v) is 1.83. The number of halogens is 6. The van der Waals surface area contributed by atoms with E-state index in [1.54, 1.807) is 0 Å². The van der Waals surface area contributed by atoms with Gasteiger partial charge in [-0.1, -0.05) is 6.08 Å². The number of nitrogens with zero attached hydrogens (tertiary/aromatic N) is 1. The van der Waals surface area contributed by atoms with Gasteiger partial charge in [0.1, 0.15) is 0 Å². The van der Waals surface area contributed by atoms with E-state index < -0.39 is 24.0 Å². The summed E-state index contributed by atoms with van der Waals surface area (Å²) in [6.45, 7) is 1.49. The fraction of sp³-hybridized carbons (Fsp3) is 0.600. The molecule has 0 radical (unpaired) electrons. The van der Waals surface area contributed by atoms with Crippen LogP contribution in [0.4, 0.5) is 26.3 Å². The predicted octanol–water partition coefficient (Wildman–Crippen LogP) is 2.51. The summed E-state index contributed by atoms with van der Waals surface area (Å²) in [6.07, 6.45) is -10.3. The molecule has 0 aliphatic carbocycles. The van der Waals surface area contributed by atoms with Crippen LogP contribution in [0.15, 0.2) is 12.7 Å². The minimum absolute atomic E-state index is 0.529. The molecule has 0 fully saturated rings. The summed E-state index contributed by atoms with van der Waals surface area (Å²) in [5, 5.41) is 0. The van der Waals surface area contributed by atoms with Crippen LogP contribution in [0.2, 0.25) is 0 Å². The van der Waals surface area contributed by atoms with Crippen LogP contribution in [0.25, 0.3) is 0 Å². The number of hydrogen-bond acceptors (Lipinski definition) is 1. The lowest BCUT2D eigenvalue weighted by Gasteiger charge is -2.25. The van der Waals surface area contributed by atoms with Crippen LogP contribution >= 0.6 is 0 Å². The zero-order chi connectivity index (χ0) is 9.99. The van der Waals surface area contributed by atoms with E-state index in [-0.39, 0.29) is 0 Å². The molecule has 0 aromatic heterocycles. The molecule has 0 saturated carbocycles. The summed E-state index contributed by atoms with van der Waals surface area (Å²) in [6, 6.07) is 0. The monoisotopic (exact) mass is 193 g/mol. The summed E-state index contributed by atoms with van der Waals surface area (Å²) >= 11 is 0.